The van der Waals surface area contributed by atoms with Gasteiger partial charge < -0.3 is 0 Å². The lowest BCUT2D eigenvalue weighted by atomic mass is 10.2. The first kappa shape index (κ1) is 8.33. The van der Waals surface area contributed by atoms with Gasteiger partial charge in [-0.3, -0.25) is 4.55 Å². The molecule has 1 unspecified atom stereocenters. The van der Waals surface area contributed by atoms with Crippen molar-refractivity contribution in [1.29, 1.82) is 0 Å². The highest BCUT2D eigenvalue weighted by molar-refractivity contribution is 7.77. The summed E-state index contributed by atoms with van der Waals surface area (Å²) in [5.41, 5.74) is 2.23. The highest BCUT2D eigenvalue weighted by Gasteiger charge is 2.07. The summed E-state index contributed by atoms with van der Waals surface area (Å²) in [5.74, 6) is 0. The van der Waals surface area contributed by atoms with Crippen LogP contribution in [0.2, 0.25) is 0 Å². The molecular weight excluding hydrogens is 190 g/mol. The van der Waals surface area contributed by atoms with Gasteiger partial charge in [0.2, 0.25) is 0 Å². The van der Waals surface area contributed by atoms with Gasteiger partial charge in [-0.25, -0.2) is 4.21 Å². The van der Waals surface area contributed by atoms with Crippen LogP contribution in [0.4, 0.5) is 0 Å². The first-order chi connectivity index (χ1) is 6.18. The van der Waals surface area contributed by atoms with Crippen molar-refractivity contribution in [2.45, 2.75) is 6.92 Å². The number of hydrogen-bond donors (Lipinski definition) is 1. The van der Waals surface area contributed by atoms with E-state index in [1.54, 1.807) is 6.07 Å². The van der Waals surface area contributed by atoms with E-state index in [0.717, 1.165) is 9.65 Å². The smallest absolute Gasteiger partial charge is 0.284 e. The van der Waals surface area contributed by atoms with Crippen LogP contribution in [-0.4, -0.2) is 23.2 Å². The Morgan fingerprint density at radius 3 is 3.00 bits per heavy atom. The summed E-state index contributed by atoms with van der Waals surface area (Å²) < 4.78 is 20.5. The summed E-state index contributed by atoms with van der Waals surface area (Å²) in [6.07, 6.45) is 0. The van der Waals surface area contributed by atoms with Gasteiger partial charge in [-0.1, -0.05) is 11.3 Å². The molecule has 0 aliphatic heterocycles. The molecule has 0 aliphatic carbocycles. The minimum absolute atomic E-state index is 0.562. The fourth-order valence-corrected chi connectivity index (χ4v) is 1.55. The lowest BCUT2D eigenvalue weighted by Crippen LogP contribution is -2.04. The summed E-state index contributed by atoms with van der Waals surface area (Å²) in [5, 5.41) is 7.31. The summed E-state index contributed by atoms with van der Waals surface area (Å²) in [4.78, 5) is 0. The van der Waals surface area contributed by atoms with Gasteiger partial charge in [0, 0.05) is 0 Å². The Bertz CT molecular complexity index is 480. The van der Waals surface area contributed by atoms with Crippen molar-refractivity contribution < 1.29 is 8.76 Å². The second kappa shape index (κ2) is 2.90. The third-order valence-corrected chi connectivity index (χ3v) is 2.28. The molecule has 0 radical (unpaired) electrons. The minimum Gasteiger partial charge on any atom is -0.288 e. The van der Waals surface area contributed by atoms with Crippen LogP contribution < -0.4 is 0 Å². The second-order valence-electron chi connectivity index (χ2n) is 2.69. The molecule has 0 fully saturated rings. The van der Waals surface area contributed by atoms with Crippen LogP contribution in [-0.2, 0) is 11.3 Å². The summed E-state index contributed by atoms with van der Waals surface area (Å²) in [6, 6.07) is 5.37. The molecule has 6 heteroatoms. The van der Waals surface area contributed by atoms with E-state index in [1.165, 1.54) is 0 Å². The Morgan fingerprint density at radius 2 is 2.31 bits per heavy atom. The zero-order chi connectivity index (χ0) is 9.42. The molecular formula is C7H7N3O2S. The largest absolute Gasteiger partial charge is 0.288 e. The highest BCUT2D eigenvalue weighted by Crippen LogP contribution is 2.12. The molecule has 1 atom stereocenters. The molecule has 2 rings (SSSR count). The lowest BCUT2D eigenvalue weighted by Gasteiger charge is -1.94. The third-order valence-electron chi connectivity index (χ3n) is 1.72. The molecule has 0 aliphatic rings. The van der Waals surface area contributed by atoms with E-state index < -0.39 is 11.3 Å². The molecule has 1 heterocycles. The van der Waals surface area contributed by atoms with Gasteiger partial charge in [-0.2, -0.15) is 0 Å². The summed E-state index contributed by atoms with van der Waals surface area (Å²) in [7, 11) is 0. The van der Waals surface area contributed by atoms with Crippen LogP contribution >= 0.6 is 0 Å². The Hall–Kier alpha value is -1.27. The van der Waals surface area contributed by atoms with E-state index in [0.29, 0.717) is 11.0 Å². The molecule has 0 spiro atoms. The number of fused-ring (bicyclic) bond motifs is 1. The number of aryl methyl sites for hydroxylation is 1. The van der Waals surface area contributed by atoms with E-state index in [1.807, 2.05) is 19.1 Å². The molecule has 13 heavy (non-hydrogen) atoms. The van der Waals surface area contributed by atoms with Crippen molar-refractivity contribution >= 4 is 22.3 Å². The number of hydrogen-bond acceptors (Lipinski definition) is 3. The van der Waals surface area contributed by atoms with Crippen LogP contribution in [0.25, 0.3) is 11.0 Å². The maximum Gasteiger partial charge on any atom is 0.284 e. The molecule has 0 amide bonds. The Morgan fingerprint density at radius 1 is 1.54 bits per heavy atom. The lowest BCUT2D eigenvalue weighted by molar-refractivity contribution is 0.547. The van der Waals surface area contributed by atoms with Gasteiger partial charge >= 0.3 is 0 Å². The Kier molecular flexibility index (Phi) is 1.86. The van der Waals surface area contributed by atoms with Gasteiger partial charge in [0.1, 0.15) is 11.0 Å². The molecule has 5 nitrogen and oxygen atoms in total. The number of benzene rings is 1. The number of rotatable bonds is 1. The van der Waals surface area contributed by atoms with Crippen molar-refractivity contribution in [2.75, 3.05) is 0 Å². The maximum atomic E-state index is 10.7. The van der Waals surface area contributed by atoms with Crippen molar-refractivity contribution in [3.05, 3.63) is 23.8 Å². The predicted octanol–water partition coefficient (Wildman–Crippen LogP) is 0.725. The van der Waals surface area contributed by atoms with Gasteiger partial charge in [0.15, 0.2) is 0 Å². The number of aromatic nitrogens is 3. The molecule has 68 valence electrons. The summed E-state index contributed by atoms with van der Waals surface area (Å²) in [6.45, 7) is 1.92. The zero-order valence-electron chi connectivity index (χ0n) is 6.84. The Labute approximate surface area is 76.8 Å². The van der Waals surface area contributed by atoms with Crippen LogP contribution in [0.15, 0.2) is 18.2 Å². The maximum absolute atomic E-state index is 10.7. The zero-order valence-corrected chi connectivity index (χ0v) is 7.65. The van der Waals surface area contributed by atoms with E-state index in [4.69, 9.17) is 4.55 Å². The normalized spacial score (nSPS) is 13.4. The topological polar surface area (TPSA) is 68.0 Å². The van der Waals surface area contributed by atoms with E-state index >= 15 is 0 Å². The van der Waals surface area contributed by atoms with Crippen LogP contribution in [0, 0.1) is 6.92 Å². The monoisotopic (exact) mass is 197 g/mol. The van der Waals surface area contributed by atoms with Gasteiger partial charge in [0.05, 0.1) is 0 Å². The van der Waals surface area contributed by atoms with Crippen LogP contribution in [0.1, 0.15) is 5.56 Å². The van der Waals surface area contributed by atoms with Crippen molar-refractivity contribution in [3.8, 4) is 0 Å². The van der Waals surface area contributed by atoms with Crippen molar-refractivity contribution in [3.63, 3.8) is 0 Å². The molecule has 0 bridgehead atoms. The average Bonchev–Trinajstić information content (AvgIpc) is 2.46. The first-order valence-electron chi connectivity index (χ1n) is 3.62. The number of nitrogens with zero attached hydrogens (tertiary/aromatic N) is 3. The molecule has 0 saturated carbocycles. The van der Waals surface area contributed by atoms with E-state index in [9.17, 15) is 4.21 Å². The first-order valence-corrected chi connectivity index (χ1v) is 4.68. The van der Waals surface area contributed by atoms with E-state index in [2.05, 4.69) is 10.3 Å². The fraction of sp³-hybridized carbons (Fsp3) is 0.143. The quantitative estimate of drug-likeness (QED) is 0.684. The average molecular weight is 197 g/mol. The molecule has 1 aromatic heterocycles. The van der Waals surface area contributed by atoms with Crippen LogP contribution in [0.5, 0.6) is 0 Å². The highest BCUT2D eigenvalue weighted by atomic mass is 32.2. The van der Waals surface area contributed by atoms with Crippen molar-refractivity contribution in [2.24, 2.45) is 0 Å². The van der Waals surface area contributed by atoms with Gasteiger partial charge in [0.25, 0.3) is 11.3 Å². The third kappa shape index (κ3) is 1.34. The van der Waals surface area contributed by atoms with Gasteiger partial charge in [-0.15, -0.1) is 9.19 Å². The van der Waals surface area contributed by atoms with Gasteiger partial charge in [-0.05, 0) is 24.6 Å². The molecule has 0 saturated heterocycles. The molecule has 1 aromatic carbocycles. The fourth-order valence-electron chi connectivity index (χ4n) is 1.13. The molecule has 1 N–H and O–H groups in total. The Balaban J connectivity index is 2.76. The summed E-state index contributed by atoms with van der Waals surface area (Å²) >= 11 is -2.14. The van der Waals surface area contributed by atoms with Crippen molar-refractivity contribution in [1.82, 2.24) is 14.4 Å². The minimum atomic E-state index is -2.14. The molecule has 2 aromatic rings. The standard InChI is InChI=1S/C7H7N3O2S/c1-5-2-3-7-6(4-5)8-9-10(7)13(11)12/h2-4H,1H3,(H,11,12). The SMILES string of the molecule is Cc1ccc2c(c1)nnn2S(=O)O. The van der Waals surface area contributed by atoms with E-state index in [-0.39, 0.29) is 0 Å². The van der Waals surface area contributed by atoms with Crippen LogP contribution in [0.3, 0.4) is 0 Å². The second-order valence-corrected chi connectivity index (χ2v) is 3.49. The predicted molar refractivity (Wildman–Crippen MR) is 48.4 cm³/mol.